The first-order chi connectivity index (χ1) is 20.4. The average Bonchev–Trinajstić information content (AvgIpc) is 3.39. The van der Waals surface area contributed by atoms with Crippen molar-refractivity contribution in [2.75, 3.05) is 5.32 Å². The molecule has 13 heteroatoms. The van der Waals surface area contributed by atoms with Crippen molar-refractivity contribution in [2.24, 2.45) is 0 Å². The zero-order valence-electron chi connectivity index (χ0n) is 26.5. The van der Waals surface area contributed by atoms with Gasteiger partial charge >= 0.3 is 0 Å². The molecule has 0 amide bonds. The number of aliphatic hydroxyl groups excluding tert-OH is 4. The minimum Gasteiger partial charge on any atom is -0.394 e. The van der Waals surface area contributed by atoms with Crippen LogP contribution in [0.2, 0.25) is 5.15 Å². The van der Waals surface area contributed by atoms with E-state index in [4.69, 9.17) is 26.9 Å². The van der Waals surface area contributed by atoms with Crippen LogP contribution in [0.25, 0.3) is 20.4 Å². The van der Waals surface area contributed by atoms with Gasteiger partial charge in [-0.2, -0.15) is 0 Å². The molecule has 4 atom stereocenters. The van der Waals surface area contributed by atoms with E-state index in [1.807, 2.05) is 6.92 Å². The number of rotatable bonds is 2. The van der Waals surface area contributed by atoms with Crippen LogP contribution in [0.5, 0.6) is 0 Å². The lowest BCUT2D eigenvalue weighted by atomic mass is 9.93. The van der Waals surface area contributed by atoms with E-state index >= 15 is 0 Å². The van der Waals surface area contributed by atoms with Crippen LogP contribution in [0.15, 0.2) is 12.7 Å². The molecule has 2 aliphatic rings. The van der Waals surface area contributed by atoms with Gasteiger partial charge in [-0.1, -0.05) is 11.6 Å². The predicted molar refractivity (Wildman–Crippen MR) is 184 cm³/mol. The number of anilines is 1. The number of hydrogen-bond acceptors (Lipinski definition) is 11. The molecule has 241 valence electrons. The standard InChI is InChI=1S/C14H19N3OS.C8H7ClN2S.C6H12O2.C3H8O.B/c1-8-9(2)19-14-12(8)13(15-7-16-14)17-10-4-3-5-11(18)6-10;1-4-5(2)12-8-6(4)7(9)10-3-11-8;7-5-2-1-3-6(8)4-5;1-3(2)4;/h7,10-11,18H,3-6H2,1-2H3,(H,15,16,17);3H,1-2H3;5-8H,1-4H2;3-4H,1-2H3;. The smallest absolute Gasteiger partial charge is 0.141 e. The molecular formula is C31H46BClN5O4S2. The van der Waals surface area contributed by atoms with Crippen LogP contribution in [0, 0.1) is 27.7 Å². The summed E-state index contributed by atoms with van der Waals surface area (Å²) in [6.07, 6.45) is 9.53. The predicted octanol–water partition coefficient (Wildman–Crippen LogP) is 6.27. The molecule has 3 radical (unpaired) electrons. The van der Waals surface area contributed by atoms with Gasteiger partial charge in [0.25, 0.3) is 0 Å². The van der Waals surface area contributed by atoms with Gasteiger partial charge in [0, 0.05) is 30.3 Å². The molecular weight excluding hydrogens is 617 g/mol. The SMILES string of the molecule is CC(C)O.Cc1sc2ncnc(Cl)c2c1C.Cc1sc2ncnc(NC3CCCC(O)C3)c2c1C.OC1CCCC(O)C1.[B]. The van der Waals surface area contributed by atoms with Crippen molar-refractivity contribution in [3.8, 4) is 0 Å². The summed E-state index contributed by atoms with van der Waals surface area (Å²) in [5, 5.41) is 41.9. The Hall–Kier alpha value is -1.93. The maximum absolute atomic E-state index is 9.76. The van der Waals surface area contributed by atoms with E-state index in [1.165, 1.54) is 27.2 Å². The molecule has 4 aromatic rings. The maximum Gasteiger partial charge on any atom is 0.141 e. The second kappa shape index (κ2) is 18.3. The quantitative estimate of drug-likeness (QED) is 0.124. The summed E-state index contributed by atoms with van der Waals surface area (Å²) < 4.78 is 0. The summed E-state index contributed by atoms with van der Waals surface area (Å²) in [4.78, 5) is 21.4. The molecule has 44 heavy (non-hydrogen) atoms. The Kier molecular flexibility index (Phi) is 15.9. The van der Waals surface area contributed by atoms with Crippen molar-refractivity contribution >= 4 is 68.9 Å². The number of thiophene rings is 2. The van der Waals surface area contributed by atoms with Gasteiger partial charge < -0.3 is 25.7 Å². The van der Waals surface area contributed by atoms with Gasteiger partial charge in [-0.25, -0.2) is 19.9 Å². The third-order valence-corrected chi connectivity index (χ3v) is 10.0. The first-order valence-electron chi connectivity index (χ1n) is 14.9. The molecule has 2 fully saturated rings. The largest absolute Gasteiger partial charge is 0.394 e. The number of fused-ring (bicyclic) bond motifs is 2. The summed E-state index contributed by atoms with van der Waals surface area (Å²) in [5.74, 6) is 0.922. The number of halogens is 1. The maximum atomic E-state index is 9.76. The van der Waals surface area contributed by atoms with Gasteiger partial charge in [0.15, 0.2) is 0 Å². The molecule has 4 heterocycles. The van der Waals surface area contributed by atoms with Crippen LogP contribution >= 0.6 is 34.3 Å². The fourth-order valence-electron chi connectivity index (χ4n) is 5.06. The molecule has 0 bridgehead atoms. The minimum absolute atomic E-state index is 0. The van der Waals surface area contributed by atoms with Crippen molar-refractivity contribution in [1.82, 2.24) is 19.9 Å². The molecule has 5 N–H and O–H groups in total. The first kappa shape index (κ1) is 38.3. The Bertz CT molecular complexity index is 1440. The van der Waals surface area contributed by atoms with Crippen molar-refractivity contribution in [1.29, 1.82) is 0 Å². The van der Waals surface area contributed by atoms with Gasteiger partial charge in [-0.3, -0.25) is 0 Å². The number of nitrogens with one attached hydrogen (secondary N) is 1. The molecule has 0 saturated heterocycles. The molecule has 4 unspecified atom stereocenters. The molecule has 4 aromatic heterocycles. The average molecular weight is 663 g/mol. The number of hydrogen-bond donors (Lipinski definition) is 5. The number of aliphatic hydroxyl groups is 4. The Labute approximate surface area is 275 Å². The second-order valence-corrected chi connectivity index (χ2v) is 14.3. The van der Waals surface area contributed by atoms with E-state index in [2.05, 4.69) is 46.0 Å². The van der Waals surface area contributed by atoms with Crippen molar-refractivity contribution in [3.63, 3.8) is 0 Å². The zero-order valence-corrected chi connectivity index (χ0v) is 28.9. The van der Waals surface area contributed by atoms with Crippen LogP contribution in [0.1, 0.15) is 86.1 Å². The molecule has 9 nitrogen and oxygen atoms in total. The third-order valence-electron chi connectivity index (χ3n) is 7.49. The van der Waals surface area contributed by atoms with Crippen LogP contribution in [-0.4, -0.2) is 79.2 Å². The highest BCUT2D eigenvalue weighted by Gasteiger charge is 2.22. The zero-order chi connectivity index (χ0) is 31.7. The van der Waals surface area contributed by atoms with E-state index < -0.39 is 0 Å². The molecule has 6 rings (SSSR count). The van der Waals surface area contributed by atoms with E-state index in [1.54, 1.807) is 42.8 Å². The van der Waals surface area contributed by atoms with E-state index in [9.17, 15) is 5.11 Å². The highest BCUT2D eigenvalue weighted by atomic mass is 35.5. The Morgan fingerprint density at radius 1 is 0.750 bits per heavy atom. The summed E-state index contributed by atoms with van der Waals surface area (Å²) in [6.45, 7) is 11.8. The highest BCUT2D eigenvalue weighted by Crippen LogP contribution is 2.34. The Balaban J connectivity index is 0.000000232. The van der Waals surface area contributed by atoms with E-state index in [-0.39, 0.29) is 32.8 Å². The van der Waals surface area contributed by atoms with Crippen molar-refractivity contribution < 1.29 is 20.4 Å². The molecule has 0 spiro atoms. The lowest BCUT2D eigenvalue weighted by molar-refractivity contribution is 0.0406. The van der Waals surface area contributed by atoms with E-state index in [0.717, 1.165) is 71.2 Å². The molecule has 0 aromatic carbocycles. The molecule has 0 aliphatic heterocycles. The first-order valence-corrected chi connectivity index (χ1v) is 16.9. The number of aryl methyl sites for hydroxylation is 4. The fraction of sp³-hybridized carbons (Fsp3) is 0.613. The van der Waals surface area contributed by atoms with Crippen LogP contribution in [0.3, 0.4) is 0 Å². The summed E-state index contributed by atoms with van der Waals surface area (Å²) in [6, 6.07) is 0.321. The minimum atomic E-state index is -0.237. The monoisotopic (exact) mass is 662 g/mol. The Morgan fingerprint density at radius 2 is 1.20 bits per heavy atom. The summed E-state index contributed by atoms with van der Waals surface area (Å²) in [5.41, 5.74) is 2.46. The van der Waals surface area contributed by atoms with Crippen LogP contribution < -0.4 is 5.32 Å². The van der Waals surface area contributed by atoms with Gasteiger partial charge in [-0.05, 0) is 104 Å². The van der Waals surface area contributed by atoms with Gasteiger partial charge in [0.1, 0.15) is 33.3 Å². The lowest BCUT2D eigenvalue weighted by Crippen LogP contribution is -2.30. The van der Waals surface area contributed by atoms with Gasteiger partial charge in [0.05, 0.1) is 29.1 Å². The topological polar surface area (TPSA) is 145 Å². The highest BCUT2D eigenvalue weighted by molar-refractivity contribution is 7.19. The van der Waals surface area contributed by atoms with Crippen molar-refractivity contribution in [3.05, 3.63) is 38.7 Å². The van der Waals surface area contributed by atoms with Crippen LogP contribution in [-0.2, 0) is 0 Å². The summed E-state index contributed by atoms with van der Waals surface area (Å²) in [7, 11) is 0. The third kappa shape index (κ3) is 11.2. The normalized spacial score (nSPS) is 21.3. The van der Waals surface area contributed by atoms with Gasteiger partial charge in [0.2, 0.25) is 0 Å². The Morgan fingerprint density at radius 3 is 1.68 bits per heavy atom. The number of nitrogens with zero attached hydrogens (tertiary/aromatic N) is 4. The van der Waals surface area contributed by atoms with Crippen molar-refractivity contribution in [2.45, 2.75) is 123 Å². The van der Waals surface area contributed by atoms with Crippen LogP contribution in [0.4, 0.5) is 5.82 Å². The fourth-order valence-corrected chi connectivity index (χ4v) is 7.38. The molecule has 2 saturated carbocycles. The number of aromatic nitrogens is 4. The molecule has 2 aliphatic carbocycles. The van der Waals surface area contributed by atoms with E-state index in [0.29, 0.717) is 17.6 Å². The second-order valence-electron chi connectivity index (χ2n) is 11.5. The van der Waals surface area contributed by atoms with Gasteiger partial charge in [-0.15, -0.1) is 22.7 Å². The lowest BCUT2D eigenvalue weighted by Gasteiger charge is -2.27. The summed E-state index contributed by atoms with van der Waals surface area (Å²) >= 11 is 9.30.